The Kier molecular flexibility index (Phi) is 14.7. The maximum Gasteiger partial charge on any atom is 2.00 e. The Morgan fingerprint density at radius 2 is 0.561 bits per heavy atom. The van der Waals surface area contributed by atoms with E-state index in [2.05, 4.69) is 79.4 Å². The molecule has 12 heteroatoms. The molecule has 0 N–H and O–H groups in total. The van der Waals surface area contributed by atoms with Gasteiger partial charge in [0.25, 0.3) is 22.2 Å². The van der Waals surface area contributed by atoms with Crippen LogP contribution in [0.15, 0.2) is 226 Å². The maximum absolute atomic E-state index is 15.0. The van der Waals surface area contributed by atoms with E-state index in [1.165, 1.54) is 0 Å². The third kappa shape index (κ3) is 7.84. The third-order valence-electron chi connectivity index (χ3n) is 12.2. The van der Waals surface area contributed by atoms with Crippen molar-refractivity contribution in [3.05, 3.63) is 278 Å². The molecule has 0 spiro atoms. The number of allylic oxidation sites excluding steroid dienone is 1. The van der Waals surface area contributed by atoms with Crippen LogP contribution < -0.4 is 45.3 Å². The summed E-state index contributed by atoms with van der Waals surface area (Å²) in [6, 6.07) is 63.0. The molecule has 0 amide bonds. The first-order chi connectivity index (χ1) is 30.9. The van der Waals surface area contributed by atoms with Gasteiger partial charge in [0.15, 0.2) is 23.1 Å². The smallest absolute Gasteiger partial charge is 1.00 e. The fourth-order valence-electron chi connectivity index (χ4n) is 9.79. The number of fused-ring (bicyclic) bond motifs is 4. The van der Waals surface area contributed by atoms with Gasteiger partial charge in [-0.15, -0.1) is 6.58 Å². The van der Waals surface area contributed by atoms with Crippen molar-refractivity contribution in [2.45, 2.75) is 30.1 Å². The molecule has 7 aromatic carbocycles. The maximum atomic E-state index is 15.0. The summed E-state index contributed by atoms with van der Waals surface area (Å²) >= 11 is 0. The molecule has 332 valence electrons. The van der Waals surface area contributed by atoms with Crippen LogP contribution in [-0.4, -0.2) is 18.7 Å². The third-order valence-corrected chi connectivity index (χ3v) is 19.3. The fraction of sp³-hybridized carbons (Fsp3) is 0.0926. The Morgan fingerprint density at radius 3 is 0.773 bits per heavy atom. The molecule has 4 heterocycles. The molecule has 66 heavy (non-hydrogen) atoms. The van der Waals surface area contributed by atoms with E-state index in [1.807, 2.05) is 104 Å². The number of benzene rings is 7. The molecule has 2 aliphatic heterocycles. The van der Waals surface area contributed by atoms with Gasteiger partial charge in [0.05, 0.1) is 37.4 Å². The molecule has 11 rings (SSSR count). The summed E-state index contributed by atoms with van der Waals surface area (Å²) in [5.74, 6) is -1.96. The number of rotatable bonds is 6. The molecule has 0 unspecified atom stereocenters. The molecule has 0 bridgehead atoms. The Labute approximate surface area is 405 Å². The zero-order valence-corrected chi connectivity index (χ0v) is 40.5. The summed E-state index contributed by atoms with van der Waals surface area (Å²) in [6.45, 7) is 5.25. The van der Waals surface area contributed by atoms with Crippen molar-refractivity contribution < 1.29 is 32.8 Å². The monoisotopic (exact) mass is 1020 g/mol. The summed E-state index contributed by atoms with van der Waals surface area (Å²) < 4.78 is 6.98. The molecule has 9 aromatic rings. The normalized spacial score (nSPS) is 17.3. The van der Waals surface area contributed by atoms with Gasteiger partial charge in [-0.2, -0.15) is 18.7 Å². The van der Waals surface area contributed by atoms with E-state index >= 15 is 19.2 Å². The largest absolute Gasteiger partial charge is 2.00 e. The molecule has 0 fully saturated rings. The van der Waals surface area contributed by atoms with E-state index in [1.54, 1.807) is 49.1 Å². The van der Waals surface area contributed by atoms with Gasteiger partial charge in [-0.05, 0) is 43.3 Å². The van der Waals surface area contributed by atoms with E-state index in [0.717, 1.165) is 32.9 Å². The summed E-state index contributed by atoms with van der Waals surface area (Å²) in [6.07, 6.45) is 1.75. The zero-order valence-electron chi connectivity index (χ0n) is 36.2. The van der Waals surface area contributed by atoms with E-state index in [0.29, 0.717) is 21.5 Å². The van der Waals surface area contributed by atoms with Gasteiger partial charge in [-0.25, -0.2) is 0 Å². The first-order valence-electron chi connectivity index (χ1n) is 21.1. The van der Waals surface area contributed by atoms with Crippen LogP contribution in [0.2, 0.25) is 0 Å². The van der Waals surface area contributed by atoms with Gasteiger partial charge in [-0.3, -0.25) is 19.2 Å². The SMILES string of the molecule is C=CC.O=c1c2ccccc2c(=O)n2n1[C@H](c1ccccc1)[PH+](c1ccccc1[PH+]1[C@@H](c3ccccc3)n3c(=O)c4ccccc4c(=O)n3[C@@H]1c1ccccc1)[C@H]2c1ccccc1.[CH3-].[Cl-].[Pd+2]. The van der Waals surface area contributed by atoms with Crippen molar-refractivity contribution >= 4 is 48.0 Å². The van der Waals surface area contributed by atoms with Crippen molar-refractivity contribution in [3.63, 3.8) is 0 Å². The van der Waals surface area contributed by atoms with Gasteiger partial charge in [-0.1, -0.05) is 164 Å². The second-order valence-electron chi connectivity index (χ2n) is 15.8. The number of nitrogens with zero attached hydrogens (tertiary/aromatic N) is 4. The van der Waals surface area contributed by atoms with Crippen molar-refractivity contribution in [1.29, 1.82) is 0 Å². The average molecular weight is 1020 g/mol. The predicted octanol–water partition coefficient (Wildman–Crippen LogP) is 6.58. The quantitative estimate of drug-likeness (QED) is 0.0817. The predicted molar refractivity (Wildman–Crippen MR) is 268 cm³/mol. The van der Waals surface area contributed by atoms with Crippen molar-refractivity contribution in [1.82, 2.24) is 18.7 Å². The van der Waals surface area contributed by atoms with Crippen LogP contribution >= 0.6 is 15.8 Å². The average Bonchev–Trinajstić information content (AvgIpc) is 3.90. The molecular formula is C54H47ClN4O4P2Pd+2. The molecule has 2 aromatic heterocycles. The Bertz CT molecular complexity index is 3000. The topological polar surface area (TPSA) is 88.0 Å². The van der Waals surface area contributed by atoms with Crippen LogP contribution in [-0.2, 0) is 20.4 Å². The molecule has 0 aliphatic carbocycles. The number of hydrogen-bond acceptors (Lipinski definition) is 4. The van der Waals surface area contributed by atoms with Crippen molar-refractivity contribution in [2.75, 3.05) is 0 Å². The molecule has 0 saturated carbocycles. The molecule has 0 saturated heterocycles. The second kappa shape index (κ2) is 20.2. The molecular weight excluding hydrogens is 972 g/mol. The first kappa shape index (κ1) is 47.9. The van der Waals surface area contributed by atoms with E-state index in [-0.39, 0.29) is 62.5 Å². The van der Waals surface area contributed by atoms with Crippen LogP contribution in [0.4, 0.5) is 0 Å². The van der Waals surface area contributed by atoms with Crippen LogP contribution in [0.1, 0.15) is 52.3 Å². The molecule has 2 aliphatic rings. The molecule has 4 atom stereocenters. The van der Waals surface area contributed by atoms with Gasteiger partial charge < -0.3 is 19.8 Å². The van der Waals surface area contributed by atoms with Crippen LogP contribution in [0.5, 0.6) is 0 Å². The standard InChI is InChI=1S/C50H36N4O4P2.C3H6.CH3.ClH.Pd/c55-43-37-27-13-14-28-38(37)44(56)52-48(34-21-7-2-8-22-34)59(47(51(43)52)33-19-5-1-6-20-33)41-31-17-18-32-42(41)60-49(35-23-9-3-10-24-35)53-45(57)39-29-15-16-30-40(39)46(58)54(53)50(60)36-25-11-4-12-26-36;1-3-2;;;/h1-32,47-50H;3H,1H2,2H3;1H3;1H;/q;;-1;;+2/p+1/t47-,48-,49-,50-;;;;/m0..../s1. The van der Waals surface area contributed by atoms with Crippen LogP contribution in [0, 0.1) is 7.43 Å². The van der Waals surface area contributed by atoms with E-state index < -0.39 is 39.0 Å². The number of hydrogen-bond donors (Lipinski definition) is 0. The Hall–Kier alpha value is -6.03. The molecule has 0 radical (unpaired) electrons. The molecule has 8 nitrogen and oxygen atoms in total. The summed E-state index contributed by atoms with van der Waals surface area (Å²) in [4.78, 5) is 60.1. The van der Waals surface area contributed by atoms with Gasteiger partial charge >= 0.3 is 20.4 Å². The van der Waals surface area contributed by atoms with Crippen molar-refractivity contribution in [3.8, 4) is 0 Å². The minimum atomic E-state index is -2.09. The van der Waals surface area contributed by atoms with E-state index in [9.17, 15) is 0 Å². The minimum absolute atomic E-state index is 0. The number of aromatic nitrogens is 4. The fourth-order valence-corrected chi connectivity index (χ4v) is 18.0. The number of halogens is 1. The first-order valence-corrected chi connectivity index (χ1v) is 24.4. The summed E-state index contributed by atoms with van der Waals surface area (Å²) in [7, 11) is -4.18. The van der Waals surface area contributed by atoms with Gasteiger partial charge in [0, 0.05) is 22.3 Å². The minimum Gasteiger partial charge on any atom is -1.00 e. The van der Waals surface area contributed by atoms with Gasteiger partial charge in [0.1, 0.15) is 10.6 Å². The second-order valence-corrected chi connectivity index (χ2v) is 20.9. The Morgan fingerprint density at radius 1 is 0.379 bits per heavy atom. The van der Waals surface area contributed by atoms with Crippen LogP contribution in [0.25, 0.3) is 21.5 Å². The Balaban J connectivity index is 0.00000105. The van der Waals surface area contributed by atoms with Crippen LogP contribution in [0.3, 0.4) is 0 Å². The van der Waals surface area contributed by atoms with E-state index in [4.69, 9.17) is 0 Å². The van der Waals surface area contributed by atoms with Crippen molar-refractivity contribution in [2.24, 2.45) is 0 Å². The summed E-state index contributed by atoms with van der Waals surface area (Å²) in [5, 5.41) is 3.69. The summed E-state index contributed by atoms with van der Waals surface area (Å²) in [5.41, 5.74) is 2.90. The van der Waals surface area contributed by atoms with Gasteiger partial charge in [0.2, 0.25) is 0 Å². The zero-order chi connectivity index (χ0) is 43.2.